The van der Waals surface area contributed by atoms with E-state index in [0.717, 1.165) is 12.1 Å². The van der Waals surface area contributed by atoms with Crippen molar-refractivity contribution in [3.8, 4) is 5.75 Å². The molecule has 0 aliphatic carbocycles. The van der Waals surface area contributed by atoms with E-state index in [2.05, 4.69) is 4.74 Å². The Bertz CT molecular complexity index is 375. The zero-order chi connectivity index (χ0) is 12.1. The highest BCUT2D eigenvalue weighted by atomic mass is 19.3. The molecule has 0 heterocycles. The highest BCUT2D eigenvalue weighted by Gasteiger charge is 2.12. The van der Waals surface area contributed by atoms with Gasteiger partial charge in [0.25, 0.3) is 0 Å². The molecule has 0 atom stereocenters. The molecule has 6 heteroatoms. The Morgan fingerprint density at radius 1 is 1.25 bits per heavy atom. The predicted octanol–water partition coefficient (Wildman–Crippen LogP) is 1.41. The minimum atomic E-state index is -3.04. The second-order valence-corrected chi connectivity index (χ2v) is 2.85. The molecule has 1 N–H and O–H groups in total. The average Bonchev–Trinajstić information content (AvgIpc) is 2.26. The van der Waals surface area contributed by atoms with Crippen molar-refractivity contribution in [2.75, 3.05) is 0 Å². The number of aliphatic hydroxyl groups excluding tert-OH is 1. The highest BCUT2D eigenvalue weighted by molar-refractivity contribution is 5.86. The van der Waals surface area contributed by atoms with Crippen LogP contribution in [0.1, 0.15) is 26.3 Å². The van der Waals surface area contributed by atoms with Crippen LogP contribution in [0.15, 0.2) is 12.1 Å². The largest absolute Gasteiger partial charge is 0.435 e. The Morgan fingerprint density at radius 3 is 2.06 bits per heavy atom. The first kappa shape index (κ1) is 12.3. The van der Waals surface area contributed by atoms with Crippen LogP contribution in [-0.2, 0) is 6.61 Å². The molecule has 0 saturated heterocycles. The molecule has 0 aliphatic rings. The van der Waals surface area contributed by atoms with Gasteiger partial charge in [0.05, 0.1) is 6.61 Å². The van der Waals surface area contributed by atoms with Gasteiger partial charge in [-0.1, -0.05) is 0 Å². The number of halogens is 2. The number of aliphatic hydroxyl groups is 1. The fourth-order valence-corrected chi connectivity index (χ4v) is 1.25. The van der Waals surface area contributed by atoms with E-state index in [9.17, 15) is 18.4 Å². The number of hydrogen-bond acceptors (Lipinski definition) is 4. The zero-order valence-corrected chi connectivity index (χ0v) is 8.02. The Balaban J connectivity index is 3.25. The van der Waals surface area contributed by atoms with Crippen molar-refractivity contribution in [2.24, 2.45) is 0 Å². The van der Waals surface area contributed by atoms with Crippen molar-refractivity contribution in [2.45, 2.75) is 13.2 Å². The standard InChI is InChI=1S/C10H8F2O4/c11-10(12)16-8-1-6(3-13)9(5-15)7(2-8)4-14/h1-4,10,15H,5H2. The second kappa shape index (κ2) is 5.32. The van der Waals surface area contributed by atoms with Crippen LogP contribution in [0.25, 0.3) is 0 Å². The molecule has 0 amide bonds. The highest BCUT2D eigenvalue weighted by Crippen LogP contribution is 2.22. The number of benzene rings is 1. The van der Waals surface area contributed by atoms with Gasteiger partial charge in [-0.25, -0.2) is 0 Å². The van der Waals surface area contributed by atoms with Gasteiger partial charge in [-0.05, 0) is 17.7 Å². The first-order valence-electron chi connectivity index (χ1n) is 4.25. The van der Waals surface area contributed by atoms with Gasteiger partial charge in [0, 0.05) is 11.1 Å². The maximum absolute atomic E-state index is 11.9. The third-order valence-corrected chi connectivity index (χ3v) is 1.93. The summed E-state index contributed by atoms with van der Waals surface area (Å²) in [6, 6.07) is 2.08. The van der Waals surface area contributed by atoms with Gasteiger partial charge in [0.15, 0.2) is 12.6 Å². The molecule has 16 heavy (non-hydrogen) atoms. The lowest BCUT2D eigenvalue weighted by Crippen LogP contribution is -2.05. The summed E-state index contributed by atoms with van der Waals surface area (Å²) in [6.07, 6.45) is 0.716. The van der Waals surface area contributed by atoms with E-state index in [1.165, 1.54) is 0 Å². The number of alkyl halides is 2. The van der Waals surface area contributed by atoms with Crippen molar-refractivity contribution < 1.29 is 28.2 Å². The van der Waals surface area contributed by atoms with E-state index >= 15 is 0 Å². The summed E-state index contributed by atoms with van der Waals surface area (Å²) in [7, 11) is 0. The molecule has 1 aromatic rings. The monoisotopic (exact) mass is 230 g/mol. The van der Waals surface area contributed by atoms with Gasteiger partial charge >= 0.3 is 6.61 Å². The van der Waals surface area contributed by atoms with Crippen LogP contribution in [0.2, 0.25) is 0 Å². The van der Waals surface area contributed by atoms with Crippen LogP contribution < -0.4 is 4.74 Å². The van der Waals surface area contributed by atoms with Crippen LogP contribution in [0, 0.1) is 0 Å². The lowest BCUT2D eigenvalue weighted by molar-refractivity contribution is -0.0499. The number of carbonyl (C=O) groups is 2. The Hall–Kier alpha value is -1.82. The van der Waals surface area contributed by atoms with Gasteiger partial charge in [0.2, 0.25) is 0 Å². The van der Waals surface area contributed by atoms with Gasteiger partial charge in [-0.15, -0.1) is 0 Å². The minimum Gasteiger partial charge on any atom is -0.435 e. The Morgan fingerprint density at radius 2 is 1.75 bits per heavy atom. The lowest BCUT2D eigenvalue weighted by atomic mass is 10.0. The van der Waals surface area contributed by atoms with E-state index in [-0.39, 0.29) is 22.4 Å². The third kappa shape index (κ3) is 2.60. The van der Waals surface area contributed by atoms with Crippen LogP contribution >= 0.6 is 0 Å². The topological polar surface area (TPSA) is 63.6 Å². The molecule has 1 rings (SSSR count). The minimum absolute atomic E-state index is 0.0530. The van der Waals surface area contributed by atoms with E-state index < -0.39 is 13.2 Å². The van der Waals surface area contributed by atoms with E-state index in [1.54, 1.807) is 0 Å². The number of ether oxygens (including phenoxy) is 1. The Labute approximate surface area is 89.5 Å². The van der Waals surface area contributed by atoms with Crippen molar-refractivity contribution in [1.82, 2.24) is 0 Å². The van der Waals surface area contributed by atoms with E-state index in [1.807, 2.05) is 0 Å². The molecular weight excluding hydrogens is 222 g/mol. The van der Waals surface area contributed by atoms with Crippen LogP contribution in [0.4, 0.5) is 8.78 Å². The van der Waals surface area contributed by atoms with E-state index in [4.69, 9.17) is 5.11 Å². The number of rotatable bonds is 5. The molecule has 0 aromatic heterocycles. The Kier molecular flexibility index (Phi) is 4.07. The molecule has 86 valence electrons. The van der Waals surface area contributed by atoms with Crippen molar-refractivity contribution >= 4 is 12.6 Å². The van der Waals surface area contributed by atoms with Gasteiger partial charge in [0.1, 0.15) is 5.75 Å². The molecule has 0 aliphatic heterocycles. The van der Waals surface area contributed by atoms with E-state index in [0.29, 0.717) is 12.6 Å². The normalized spacial score (nSPS) is 10.2. The average molecular weight is 230 g/mol. The fraction of sp³-hybridized carbons (Fsp3) is 0.200. The van der Waals surface area contributed by atoms with Crippen molar-refractivity contribution in [1.29, 1.82) is 0 Å². The van der Waals surface area contributed by atoms with Crippen LogP contribution in [0.3, 0.4) is 0 Å². The third-order valence-electron chi connectivity index (χ3n) is 1.93. The van der Waals surface area contributed by atoms with Crippen LogP contribution in [0.5, 0.6) is 5.75 Å². The smallest absolute Gasteiger partial charge is 0.387 e. The number of aldehydes is 2. The maximum atomic E-state index is 11.9. The summed E-state index contributed by atoms with van der Waals surface area (Å²) in [6.45, 7) is -3.57. The molecule has 1 aromatic carbocycles. The number of carbonyl (C=O) groups excluding carboxylic acids is 2. The fourth-order valence-electron chi connectivity index (χ4n) is 1.25. The van der Waals surface area contributed by atoms with Gasteiger partial charge in [-0.2, -0.15) is 8.78 Å². The quantitative estimate of drug-likeness (QED) is 0.776. The summed E-state index contributed by atoms with van der Waals surface area (Å²) in [4.78, 5) is 21.2. The first-order chi connectivity index (χ1) is 7.62. The molecule has 0 unspecified atom stereocenters. The van der Waals surface area contributed by atoms with Crippen molar-refractivity contribution in [3.63, 3.8) is 0 Å². The SMILES string of the molecule is O=Cc1cc(OC(F)F)cc(C=O)c1CO. The predicted molar refractivity (Wildman–Crippen MR) is 49.8 cm³/mol. The van der Waals surface area contributed by atoms with Crippen LogP contribution in [-0.4, -0.2) is 24.3 Å². The van der Waals surface area contributed by atoms with Gasteiger partial charge in [-0.3, -0.25) is 9.59 Å². The second-order valence-electron chi connectivity index (χ2n) is 2.85. The van der Waals surface area contributed by atoms with Gasteiger partial charge < -0.3 is 9.84 Å². The number of hydrogen-bond donors (Lipinski definition) is 1. The zero-order valence-electron chi connectivity index (χ0n) is 8.02. The molecule has 4 nitrogen and oxygen atoms in total. The summed E-state index contributed by atoms with van der Waals surface area (Å²) >= 11 is 0. The molecule has 0 spiro atoms. The molecule has 0 radical (unpaired) electrons. The summed E-state index contributed by atoms with van der Waals surface area (Å²) < 4.78 is 27.9. The first-order valence-corrected chi connectivity index (χ1v) is 4.25. The summed E-state index contributed by atoms with van der Waals surface area (Å²) in [5.41, 5.74) is -0.0166. The summed E-state index contributed by atoms with van der Waals surface area (Å²) in [5.74, 6) is -0.295. The molecule has 0 saturated carbocycles. The molecular formula is C10H8F2O4. The lowest BCUT2D eigenvalue weighted by Gasteiger charge is -2.09. The molecule has 0 bridgehead atoms. The van der Waals surface area contributed by atoms with Crippen molar-refractivity contribution in [3.05, 3.63) is 28.8 Å². The summed E-state index contributed by atoms with van der Waals surface area (Å²) in [5, 5.41) is 8.93. The maximum Gasteiger partial charge on any atom is 0.387 e. The molecule has 0 fully saturated rings.